The number of hydrogen-bond acceptors (Lipinski definition) is 5. The standard InChI is InChI=1S/C14H15NO4/c16-11-1-2-13-12(7-11)14(17)10(9-19-13)8-15-3-5-18-6-4-15/h1-2,7,9,16H,3-6,8H2. The van der Waals surface area contributed by atoms with Crippen LogP contribution in [0.15, 0.2) is 33.7 Å². The van der Waals surface area contributed by atoms with Crippen LogP contribution in [0.2, 0.25) is 0 Å². The van der Waals surface area contributed by atoms with Crippen LogP contribution in [0.4, 0.5) is 0 Å². The molecule has 1 aromatic carbocycles. The molecule has 0 amide bonds. The Morgan fingerprint density at radius 1 is 1.26 bits per heavy atom. The van der Waals surface area contributed by atoms with Crippen molar-refractivity contribution in [2.75, 3.05) is 26.3 Å². The van der Waals surface area contributed by atoms with Crippen molar-refractivity contribution in [2.24, 2.45) is 0 Å². The summed E-state index contributed by atoms with van der Waals surface area (Å²) in [7, 11) is 0. The van der Waals surface area contributed by atoms with Crippen molar-refractivity contribution in [3.05, 3.63) is 40.2 Å². The van der Waals surface area contributed by atoms with E-state index in [4.69, 9.17) is 9.15 Å². The van der Waals surface area contributed by atoms with E-state index in [1.165, 1.54) is 18.4 Å². The van der Waals surface area contributed by atoms with Gasteiger partial charge in [0, 0.05) is 25.2 Å². The van der Waals surface area contributed by atoms with Crippen molar-refractivity contribution in [2.45, 2.75) is 6.54 Å². The lowest BCUT2D eigenvalue weighted by atomic mass is 10.1. The van der Waals surface area contributed by atoms with Crippen LogP contribution in [-0.2, 0) is 11.3 Å². The average molecular weight is 261 g/mol. The number of fused-ring (bicyclic) bond motifs is 1. The second-order valence-electron chi connectivity index (χ2n) is 4.66. The van der Waals surface area contributed by atoms with Crippen molar-refractivity contribution in [3.8, 4) is 5.75 Å². The molecule has 2 heterocycles. The SMILES string of the molecule is O=c1c(CN2CCOCC2)coc2ccc(O)cc12. The highest BCUT2D eigenvalue weighted by atomic mass is 16.5. The molecular formula is C14H15NO4. The Hall–Kier alpha value is -1.85. The molecule has 1 aliphatic rings. The molecule has 1 saturated heterocycles. The quantitative estimate of drug-likeness (QED) is 0.883. The predicted molar refractivity (Wildman–Crippen MR) is 70.2 cm³/mol. The van der Waals surface area contributed by atoms with E-state index < -0.39 is 0 Å². The van der Waals surface area contributed by atoms with Gasteiger partial charge in [-0.2, -0.15) is 0 Å². The number of phenols is 1. The molecule has 0 spiro atoms. The number of rotatable bonds is 2. The summed E-state index contributed by atoms with van der Waals surface area (Å²) in [5.41, 5.74) is 1.03. The molecule has 1 aromatic heterocycles. The first-order valence-corrected chi connectivity index (χ1v) is 6.27. The van der Waals surface area contributed by atoms with Crippen LogP contribution in [0.5, 0.6) is 5.75 Å². The van der Waals surface area contributed by atoms with Gasteiger partial charge in [0.2, 0.25) is 0 Å². The molecule has 0 aliphatic carbocycles. The third kappa shape index (κ3) is 2.47. The highest BCUT2D eigenvalue weighted by Gasteiger charge is 2.14. The predicted octanol–water partition coefficient (Wildman–Crippen LogP) is 1.33. The first-order chi connectivity index (χ1) is 9.24. The Kier molecular flexibility index (Phi) is 3.23. The van der Waals surface area contributed by atoms with Crippen molar-refractivity contribution in [1.29, 1.82) is 0 Å². The molecule has 2 aromatic rings. The maximum Gasteiger partial charge on any atom is 0.197 e. The van der Waals surface area contributed by atoms with Gasteiger partial charge in [-0.3, -0.25) is 9.69 Å². The van der Waals surface area contributed by atoms with Gasteiger partial charge < -0.3 is 14.3 Å². The molecule has 19 heavy (non-hydrogen) atoms. The molecule has 0 radical (unpaired) electrons. The van der Waals surface area contributed by atoms with E-state index in [-0.39, 0.29) is 11.2 Å². The molecule has 5 nitrogen and oxygen atoms in total. The number of morpholine rings is 1. The Bertz CT molecular complexity index is 643. The zero-order chi connectivity index (χ0) is 13.2. The number of phenolic OH excluding ortho intramolecular Hbond substituents is 1. The van der Waals surface area contributed by atoms with E-state index in [1.54, 1.807) is 6.07 Å². The summed E-state index contributed by atoms with van der Waals surface area (Å²) in [4.78, 5) is 14.5. The zero-order valence-electron chi connectivity index (χ0n) is 10.5. The van der Waals surface area contributed by atoms with Gasteiger partial charge in [0.05, 0.1) is 24.9 Å². The maximum atomic E-state index is 12.3. The lowest BCUT2D eigenvalue weighted by Crippen LogP contribution is -2.36. The molecule has 0 atom stereocenters. The summed E-state index contributed by atoms with van der Waals surface area (Å²) in [6.45, 7) is 3.58. The molecule has 0 saturated carbocycles. The second-order valence-corrected chi connectivity index (χ2v) is 4.66. The molecule has 100 valence electrons. The minimum Gasteiger partial charge on any atom is -0.508 e. The van der Waals surface area contributed by atoms with Crippen molar-refractivity contribution in [3.63, 3.8) is 0 Å². The van der Waals surface area contributed by atoms with Crippen LogP contribution in [0, 0.1) is 0 Å². The Morgan fingerprint density at radius 3 is 2.84 bits per heavy atom. The Morgan fingerprint density at radius 2 is 2.05 bits per heavy atom. The molecule has 0 unspecified atom stereocenters. The van der Waals surface area contributed by atoms with Gasteiger partial charge in [0.25, 0.3) is 0 Å². The lowest BCUT2D eigenvalue weighted by molar-refractivity contribution is 0.0339. The summed E-state index contributed by atoms with van der Waals surface area (Å²) in [6, 6.07) is 4.56. The third-order valence-electron chi connectivity index (χ3n) is 3.33. The highest BCUT2D eigenvalue weighted by molar-refractivity contribution is 5.78. The lowest BCUT2D eigenvalue weighted by Gasteiger charge is -2.26. The van der Waals surface area contributed by atoms with E-state index in [0.29, 0.717) is 36.3 Å². The van der Waals surface area contributed by atoms with E-state index in [0.717, 1.165) is 13.1 Å². The highest BCUT2D eigenvalue weighted by Crippen LogP contribution is 2.18. The smallest absolute Gasteiger partial charge is 0.197 e. The van der Waals surface area contributed by atoms with E-state index in [9.17, 15) is 9.90 Å². The van der Waals surface area contributed by atoms with Gasteiger partial charge in [0.15, 0.2) is 5.43 Å². The summed E-state index contributed by atoms with van der Waals surface area (Å²) < 4.78 is 10.7. The van der Waals surface area contributed by atoms with Crippen LogP contribution in [0.25, 0.3) is 11.0 Å². The Balaban J connectivity index is 1.95. The number of aromatic hydroxyl groups is 1. The fraction of sp³-hybridized carbons (Fsp3) is 0.357. The fourth-order valence-electron chi connectivity index (χ4n) is 2.27. The summed E-state index contributed by atoms with van der Waals surface area (Å²) in [6.07, 6.45) is 1.51. The van der Waals surface area contributed by atoms with Gasteiger partial charge in [-0.1, -0.05) is 0 Å². The van der Waals surface area contributed by atoms with Crippen LogP contribution >= 0.6 is 0 Å². The topological polar surface area (TPSA) is 62.9 Å². The zero-order valence-corrected chi connectivity index (χ0v) is 10.5. The third-order valence-corrected chi connectivity index (χ3v) is 3.33. The van der Waals surface area contributed by atoms with Crippen LogP contribution < -0.4 is 5.43 Å². The first-order valence-electron chi connectivity index (χ1n) is 6.27. The van der Waals surface area contributed by atoms with Crippen LogP contribution in [-0.4, -0.2) is 36.3 Å². The van der Waals surface area contributed by atoms with Crippen molar-refractivity contribution >= 4 is 11.0 Å². The fourth-order valence-corrected chi connectivity index (χ4v) is 2.27. The second kappa shape index (κ2) is 5.03. The number of ether oxygens (including phenoxy) is 1. The van der Waals surface area contributed by atoms with Gasteiger partial charge in [-0.05, 0) is 18.2 Å². The number of hydrogen-bond donors (Lipinski definition) is 1. The number of benzene rings is 1. The molecule has 5 heteroatoms. The number of nitrogens with zero attached hydrogens (tertiary/aromatic N) is 1. The van der Waals surface area contributed by atoms with Crippen molar-refractivity contribution in [1.82, 2.24) is 4.90 Å². The van der Waals surface area contributed by atoms with Gasteiger partial charge in [0.1, 0.15) is 11.3 Å². The minimum absolute atomic E-state index is 0.0725. The Labute approximate surface area is 110 Å². The normalized spacial score (nSPS) is 16.8. The largest absolute Gasteiger partial charge is 0.508 e. The van der Waals surface area contributed by atoms with E-state index in [1.807, 2.05) is 0 Å². The monoisotopic (exact) mass is 261 g/mol. The molecule has 0 bridgehead atoms. The first kappa shape index (κ1) is 12.2. The summed E-state index contributed by atoms with van der Waals surface area (Å²) in [5.74, 6) is 0.0725. The summed E-state index contributed by atoms with van der Waals surface area (Å²) in [5, 5.41) is 9.88. The molecule has 3 rings (SSSR count). The van der Waals surface area contributed by atoms with Crippen LogP contribution in [0.1, 0.15) is 5.56 Å². The molecular weight excluding hydrogens is 246 g/mol. The molecule has 1 aliphatic heterocycles. The molecule has 1 N–H and O–H groups in total. The maximum absolute atomic E-state index is 12.3. The summed E-state index contributed by atoms with van der Waals surface area (Å²) >= 11 is 0. The van der Waals surface area contributed by atoms with Gasteiger partial charge in [-0.15, -0.1) is 0 Å². The van der Waals surface area contributed by atoms with Gasteiger partial charge in [-0.25, -0.2) is 0 Å². The average Bonchev–Trinajstić information content (AvgIpc) is 2.44. The van der Waals surface area contributed by atoms with E-state index in [2.05, 4.69) is 4.90 Å². The van der Waals surface area contributed by atoms with Gasteiger partial charge >= 0.3 is 0 Å². The van der Waals surface area contributed by atoms with Crippen molar-refractivity contribution < 1.29 is 14.3 Å². The minimum atomic E-state index is -0.0800. The van der Waals surface area contributed by atoms with E-state index >= 15 is 0 Å². The molecule has 1 fully saturated rings. The van der Waals surface area contributed by atoms with Crippen LogP contribution in [0.3, 0.4) is 0 Å².